The molecule has 0 fully saturated rings. The van der Waals surface area contributed by atoms with Gasteiger partial charge in [0.15, 0.2) is 13.2 Å². The predicted molar refractivity (Wildman–Crippen MR) is 87.9 cm³/mol. The van der Waals surface area contributed by atoms with E-state index < -0.39 is 0 Å². The summed E-state index contributed by atoms with van der Waals surface area (Å²) in [6.07, 6.45) is 13.0. The van der Waals surface area contributed by atoms with Crippen LogP contribution in [-0.2, 0) is 11.1 Å². The Hall–Kier alpha value is -0.860. The summed E-state index contributed by atoms with van der Waals surface area (Å²) in [6.45, 7) is 3.29. The summed E-state index contributed by atoms with van der Waals surface area (Å²) in [4.78, 5) is 0. The lowest BCUT2D eigenvalue weighted by atomic mass is 10.1. The topological polar surface area (TPSA) is 25.8 Å². The molecule has 0 atom stereocenters. The van der Waals surface area contributed by atoms with Gasteiger partial charge in [-0.15, -0.1) is 0 Å². The van der Waals surface area contributed by atoms with Gasteiger partial charge in [0.05, 0.1) is 0 Å². The lowest BCUT2D eigenvalue weighted by Crippen LogP contribution is -2.26. The predicted octanol–water partition coefficient (Wildman–Crippen LogP) is 4.94. The van der Waals surface area contributed by atoms with Gasteiger partial charge in [0.25, 0.3) is 0 Å². The van der Waals surface area contributed by atoms with Gasteiger partial charge in [-0.2, -0.15) is 0 Å². The monoisotopic (exact) mass is 292 g/mol. The molecule has 0 aliphatic carbocycles. The smallest absolute Gasteiger partial charge is 0.177 e. The molecule has 2 nitrogen and oxygen atoms in total. The average Bonchev–Trinajstić information content (AvgIpc) is 2.50. The maximum absolute atomic E-state index is 11.7. The van der Waals surface area contributed by atoms with Gasteiger partial charge in [-0.3, -0.25) is 0 Å². The highest BCUT2D eigenvalue weighted by Gasteiger charge is 2.02. The molecule has 0 radical (unpaired) electrons. The summed E-state index contributed by atoms with van der Waals surface area (Å²) in [5.41, 5.74) is 1.07. The van der Waals surface area contributed by atoms with Crippen LogP contribution in [0.5, 0.6) is 0 Å². The lowest BCUT2D eigenvalue weighted by Gasteiger charge is -2.20. The molecule has 2 heteroatoms. The van der Waals surface area contributed by atoms with Crippen molar-refractivity contribution in [3.8, 4) is 0 Å². The summed E-state index contributed by atoms with van der Waals surface area (Å²) in [5, 5.41) is 11.7. The Bertz CT molecular complexity index is 324. The second kappa shape index (κ2) is 12.8. The lowest BCUT2D eigenvalue weighted by molar-refractivity contribution is -0.801. The Labute approximate surface area is 130 Å². The van der Waals surface area contributed by atoms with E-state index >= 15 is 0 Å². The molecule has 0 saturated heterocycles. The summed E-state index contributed by atoms with van der Waals surface area (Å²) < 4.78 is 2.00. The molecule has 1 rings (SSSR count). The van der Waals surface area contributed by atoms with Gasteiger partial charge in [-0.1, -0.05) is 88.6 Å². The molecule has 120 valence electrons. The van der Waals surface area contributed by atoms with Gasteiger partial charge in [0, 0.05) is 12.0 Å². The number of hydrogen-bond donors (Lipinski definition) is 0. The average molecular weight is 292 g/mol. The standard InChI is InChI=1S/C19H32O2/c1-2-3-4-5-6-7-8-9-10-14-17-21(20)18-19-15-12-11-13-16-19/h11-13,15-16H,2-10,14,17-18H2,1H3. The van der Waals surface area contributed by atoms with Crippen LogP contribution in [0.1, 0.15) is 76.7 Å². The molecule has 0 aliphatic heterocycles. The molecule has 21 heavy (non-hydrogen) atoms. The summed E-state index contributed by atoms with van der Waals surface area (Å²) in [6, 6.07) is 9.92. The zero-order valence-corrected chi connectivity index (χ0v) is 13.7. The molecular weight excluding hydrogens is 260 g/mol. The molecule has 1 aromatic carbocycles. The van der Waals surface area contributed by atoms with E-state index in [9.17, 15) is 5.26 Å². The third-order valence-corrected chi connectivity index (χ3v) is 3.90. The third-order valence-electron chi connectivity index (χ3n) is 3.90. The van der Waals surface area contributed by atoms with Crippen molar-refractivity contribution in [2.24, 2.45) is 0 Å². The van der Waals surface area contributed by atoms with E-state index in [-0.39, 0.29) is 0 Å². The molecule has 0 saturated carbocycles. The first kappa shape index (κ1) is 18.2. The van der Waals surface area contributed by atoms with Gasteiger partial charge >= 0.3 is 0 Å². The Morgan fingerprint density at radius 2 is 1.29 bits per heavy atom. The Balaban J connectivity index is 1.87. The van der Waals surface area contributed by atoms with Crippen LogP contribution in [0, 0.1) is 0 Å². The SMILES string of the molecule is CCCCCCCCCCCC[O+]([O-])Cc1ccccc1. The molecule has 0 spiro atoms. The van der Waals surface area contributed by atoms with Crippen LogP contribution in [-0.4, -0.2) is 6.61 Å². The molecule has 0 heterocycles. The van der Waals surface area contributed by atoms with Gasteiger partial charge in [-0.05, 0) is 6.42 Å². The van der Waals surface area contributed by atoms with Crippen molar-refractivity contribution >= 4 is 0 Å². The largest absolute Gasteiger partial charge is 0.534 e. The first-order valence-electron chi connectivity index (χ1n) is 8.72. The minimum absolute atomic E-state index is 0.443. The maximum Gasteiger partial charge on any atom is 0.177 e. The maximum atomic E-state index is 11.7. The fourth-order valence-corrected chi connectivity index (χ4v) is 2.58. The molecule has 0 unspecified atom stereocenters. The van der Waals surface area contributed by atoms with Crippen molar-refractivity contribution < 1.29 is 9.78 Å². The van der Waals surface area contributed by atoms with Gasteiger partial charge in [0.2, 0.25) is 0 Å². The van der Waals surface area contributed by atoms with E-state index in [1.54, 1.807) is 0 Å². The molecule has 0 N–H and O–H groups in total. The van der Waals surface area contributed by atoms with E-state index in [0.717, 1.165) is 12.0 Å². The summed E-state index contributed by atoms with van der Waals surface area (Å²) in [5.74, 6) is 0. The molecule has 0 aliphatic rings. The van der Waals surface area contributed by atoms with Crippen LogP contribution in [0.15, 0.2) is 30.3 Å². The van der Waals surface area contributed by atoms with E-state index in [1.807, 2.05) is 34.8 Å². The number of hydrogen-bond acceptors (Lipinski definition) is 1. The third kappa shape index (κ3) is 10.5. The second-order valence-corrected chi connectivity index (χ2v) is 5.96. The van der Waals surface area contributed by atoms with Crippen LogP contribution >= 0.6 is 0 Å². The summed E-state index contributed by atoms with van der Waals surface area (Å²) in [7, 11) is 0. The zero-order valence-electron chi connectivity index (χ0n) is 13.7. The van der Waals surface area contributed by atoms with Crippen molar-refractivity contribution in [1.29, 1.82) is 0 Å². The van der Waals surface area contributed by atoms with E-state index in [4.69, 9.17) is 0 Å². The van der Waals surface area contributed by atoms with Crippen molar-refractivity contribution in [2.75, 3.05) is 6.61 Å². The van der Waals surface area contributed by atoms with Crippen molar-refractivity contribution in [3.63, 3.8) is 0 Å². The van der Waals surface area contributed by atoms with Gasteiger partial charge < -0.3 is 9.78 Å². The van der Waals surface area contributed by atoms with Crippen molar-refractivity contribution in [2.45, 2.75) is 77.7 Å². The highest BCUT2D eigenvalue weighted by molar-refractivity contribution is 5.13. The second-order valence-electron chi connectivity index (χ2n) is 5.96. The van der Waals surface area contributed by atoms with Crippen LogP contribution in [0.3, 0.4) is 0 Å². The summed E-state index contributed by atoms with van der Waals surface area (Å²) >= 11 is 0. The molecule has 0 aromatic heterocycles. The van der Waals surface area contributed by atoms with Gasteiger partial charge in [-0.25, -0.2) is 0 Å². The first-order valence-corrected chi connectivity index (χ1v) is 8.72. The Kier molecular flexibility index (Phi) is 11.1. The van der Waals surface area contributed by atoms with Crippen molar-refractivity contribution in [3.05, 3.63) is 35.9 Å². The van der Waals surface area contributed by atoms with E-state index in [1.165, 1.54) is 57.8 Å². The minimum atomic E-state index is 0.443. The van der Waals surface area contributed by atoms with E-state index in [2.05, 4.69) is 6.92 Å². The normalized spacial score (nSPS) is 11.2. The first-order chi connectivity index (χ1) is 10.3. The van der Waals surface area contributed by atoms with Crippen molar-refractivity contribution in [1.82, 2.24) is 0 Å². The highest BCUT2D eigenvalue weighted by Crippen LogP contribution is 2.11. The van der Waals surface area contributed by atoms with Crippen LogP contribution in [0.2, 0.25) is 0 Å². The Morgan fingerprint density at radius 3 is 1.86 bits per heavy atom. The molecular formula is C19H32O2. The fraction of sp³-hybridized carbons (Fsp3) is 0.684. The van der Waals surface area contributed by atoms with E-state index in [0.29, 0.717) is 13.2 Å². The number of unbranched alkanes of at least 4 members (excludes halogenated alkanes) is 9. The Morgan fingerprint density at radius 1 is 0.762 bits per heavy atom. The van der Waals surface area contributed by atoms with Gasteiger partial charge in [0.1, 0.15) is 0 Å². The number of rotatable bonds is 13. The number of benzene rings is 1. The highest BCUT2D eigenvalue weighted by atomic mass is 17.2. The zero-order chi connectivity index (χ0) is 15.2. The fourth-order valence-electron chi connectivity index (χ4n) is 2.58. The molecule has 0 bridgehead atoms. The quantitative estimate of drug-likeness (QED) is 0.219. The van der Waals surface area contributed by atoms with Crippen LogP contribution in [0.4, 0.5) is 0 Å². The van der Waals surface area contributed by atoms with Crippen LogP contribution in [0.25, 0.3) is 0 Å². The molecule has 0 amide bonds. The van der Waals surface area contributed by atoms with Crippen LogP contribution < -0.4 is 5.26 Å². The molecule has 1 aromatic rings. The minimum Gasteiger partial charge on any atom is -0.534 e.